The van der Waals surface area contributed by atoms with Crippen LogP contribution in [0.2, 0.25) is 0 Å². The van der Waals surface area contributed by atoms with Crippen LogP contribution in [0.5, 0.6) is 11.5 Å². The summed E-state index contributed by atoms with van der Waals surface area (Å²) in [6, 6.07) is 2.69. The van der Waals surface area contributed by atoms with Gasteiger partial charge >= 0.3 is 12.1 Å². The van der Waals surface area contributed by atoms with Gasteiger partial charge in [-0.1, -0.05) is 0 Å². The summed E-state index contributed by atoms with van der Waals surface area (Å²) in [5.41, 5.74) is -0.164. The Balaban J connectivity index is 2.40. The summed E-state index contributed by atoms with van der Waals surface area (Å²) in [4.78, 5) is 11.9. The molecule has 20 heavy (non-hydrogen) atoms. The van der Waals surface area contributed by atoms with Crippen LogP contribution < -0.4 is 9.47 Å². The highest BCUT2D eigenvalue weighted by molar-refractivity contribution is 9.10. The van der Waals surface area contributed by atoms with Crippen molar-refractivity contribution in [3.05, 3.63) is 22.2 Å². The van der Waals surface area contributed by atoms with E-state index < -0.39 is 24.5 Å². The molecule has 2 rings (SSSR count). The lowest BCUT2D eigenvalue weighted by Gasteiger charge is -2.32. The molecule has 1 aliphatic heterocycles. The minimum Gasteiger partial charge on any atom is -0.483 e. The van der Waals surface area contributed by atoms with Gasteiger partial charge in [0, 0.05) is 13.8 Å². The first kappa shape index (κ1) is 15.0. The second kappa shape index (κ2) is 4.83. The number of hydrogen-bond donors (Lipinski definition) is 0. The maximum Gasteiger partial charge on any atom is 0.422 e. The summed E-state index contributed by atoms with van der Waals surface area (Å²) in [5.74, 6) is -2.13. The minimum atomic E-state index is -4.50. The van der Waals surface area contributed by atoms with Gasteiger partial charge in [0.15, 0.2) is 12.4 Å². The highest BCUT2D eigenvalue weighted by atomic mass is 79.9. The highest BCUT2D eigenvalue weighted by Crippen LogP contribution is 2.42. The Morgan fingerprint density at radius 2 is 1.95 bits per heavy atom. The van der Waals surface area contributed by atoms with Gasteiger partial charge in [0.1, 0.15) is 11.3 Å². The monoisotopic (exact) mass is 354 g/mol. The fraction of sp³-hybridized carbons (Fsp3) is 0.417. The van der Waals surface area contributed by atoms with Crippen molar-refractivity contribution in [3.8, 4) is 11.5 Å². The Kier molecular flexibility index (Phi) is 3.62. The van der Waals surface area contributed by atoms with E-state index in [0.717, 1.165) is 0 Å². The Hall–Kier alpha value is -1.44. The summed E-state index contributed by atoms with van der Waals surface area (Å²) in [5, 5.41) is 0. The molecule has 0 bridgehead atoms. The van der Waals surface area contributed by atoms with E-state index in [2.05, 4.69) is 20.7 Å². The number of carbonyl (C=O) groups is 1. The molecule has 0 saturated carbocycles. The minimum absolute atomic E-state index is 0.103. The number of benzene rings is 1. The van der Waals surface area contributed by atoms with Crippen molar-refractivity contribution in [2.24, 2.45) is 0 Å². The van der Waals surface area contributed by atoms with E-state index in [1.807, 2.05) is 0 Å². The van der Waals surface area contributed by atoms with Crippen LogP contribution in [0.3, 0.4) is 0 Å². The maximum absolute atomic E-state index is 12.2. The molecule has 0 amide bonds. The Labute approximate surface area is 120 Å². The van der Waals surface area contributed by atoms with Gasteiger partial charge in [-0.3, -0.25) is 0 Å². The number of alkyl halides is 3. The fourth-order valence-corrected chi connectivity index (χ4v) is 2.06. The van der Waals surface area contributed by atoms with Crippen molar-refractivity contribution in [3.63, 3.8) is 0 Å². The van der Waals surface area contributed by atoms with E-state index in [0.29, 0.717) is 4.47 Å². The van der Waals surface area contributed by atoms with Gasteiger partial charge in [0.05, 0.1) is 4.47 Å². The van der Waals surface area contributed by atoms with Crippen molar-refractivity contribution >= 4 is 21.9 Å². The zero-order valence-corrected chi connectivity index (χ0v) is 12.1. The number of esters is 1. The summed E-state index contributed by atoms with van der Waals surface area (Å²) in [6.45, 7) is 1.53. The molecule has 0 aliphatic carbocycles. The maximum atomic E-state index is 12.2. The molecule has 0 fully saturated rings. The molecule has 0 unspecified atom stereocenters. The third kappa shape index (κ3) is 3.17. The van der Waals surface area contributed by atoms with Gasteiger partial charge in [0.25, 0.3) is 0 Å². The molecule has 1 aromatic rings. The lowest BCUT2D eigenvalue weighted by Crippen LogP contribution is -2.39. The first-order valence-corrected chi connectivity index (χ1v) is 6.33. The topological polar surface area (TPSA) is 44.8 Å². The average Bonchev–Trinajstić information content (AvgIpc) is 2.26. The molecule has 0 N–H and O–H groups in total. The smallest absolute Gasteiger partial charge is 0.422 e. The number of halogens is 4. The standard InChI is InChI=1S/C12H10BrF3O4/c1-11(2)19-9-6(13)3-4-7(8(9)10(17)20-11)18-5-12(14,15)16/h3-4H,5H2,1-2H3. The van der Waals surface area contributed by atoms with Crippen LogP contribution in [0, 0.1) is 0 Å². The lowest BCUT2D eigenvalue weighted by atomic mass is 10.1. The Morgan fingerprint density at radius 1 is 1.30 bits per heavy atom. The quantitative estimate of drug-likeness (QED) is 0.760. The van der Waals surface area contributed by atoms with Gasteiger partial charge in [0.2, 0.25) is 5.79 Å². The number of hydrogen-bond acceptors (Lipinski definition) is 4. The van der Waals surface area contributed by atoms with E-state index in [1.54, 1.807) is 0 Å². The van der Waals surface area contributed by atoms with Gasteiger partial charge in [-0.25, -0.2) is 4.79 Å². The van der Waals surface area contributed by atoms with Crippen molar-refractivity contribution in [2.75, 3.05) is 6.61 Å². The van der Waals surface area contributed by atoms with Gasteiger partial charge in [-0.15, -0.1) is 0 Å². The number of cyclic esters (lactones) is 1. The van der Waals surface area contributed by atoms with Crippen molar-refractivity contribution in [1.82, 2.24) is 0 Å². The second-order valence-electron chi connectivity index (χ2n) is 4.54. The van der Waals surface area contributed by atoms with Crippen molar-refractivity contribution in [2.45, 2.75) is 25.8 Å². The van der Waals surface area contributed by atoms with Crippen LogP contribution in [-0.2, 0) is 4.74 Å². The molecular weight excluding hydrogens is 345 g/mol. The Morgan fingerprint density at radius 3 is 2.55 bits per heavy atom. The van der Waals surface area contributed by atoms with Crippen LogP contribution in [0.25, 0.3) is 0 Å². The van der Waals surface area contributed by atoms with Gasteiger partial charge in [-0.05, 0) is 28.1 Å². The predicted molar refractivity (Wildman–Crippen MR) is 65.8 cm³/mol. The van der Waals surface area contributed by atoms with Crippen molar-refractivity contribution < 1.29 is 32.2 Å². The highest BCUT2D eigenvalue weighted by Gasteiger charge is 2.38. The molecule has 0 spiro atoms. The summed E-state index contributed by atoms with van der Waals surface area (Å²) < 4.78 is 52.1. The van der Waals surface area contributed by atoms with Crippen molar-refractivity contribution in [1.29, 1.82) is 0 Å². The average molecular weight is 355 g/mol. The van der Waals surface area contributed by atoms with Crippen LogP contribution in [-0.4, -0.2) is 24.5 Å². The molecule has 8 heteroatoms. The molecule has 1 aliphatic rings. The molecule has 1 aromatic carbocycles. The molecule has 0 saturated heterocycles. The Bertz CT molecular complexity index is 554. The third-order valence-electron chi connectivity index (χ3n) is 2.35. The molecule has 110 valence electrons. The normalized spacial score (nSPS) is 17.0. The summed E-state index contributed by atoms with van der Waals surface area (Å²) in [6.07, 6.45) is -4.50. The lowest BCUT2D eigenvalue weighted by molar-refractivity contribution is -0.154. The number of ether oxygens (including phenoxy) is 3. The largest absolute Gasteiger partial charge is 0.483 e. The fourth-order valence-electron chi connectivity index (χ4n) is 1.65. The van der Waals surface area contributed by atoms with E-state index in [9.17, 15) is 18.0 Å². The SMILES string of the molecule is CC1(C)OC(=O)c2c(OCC(F)(F)F)ccc(Br)c2O1. The van der Waals surface area contributed by atoms with E-state index in [-0.39, 0.29) is 17.1 Å². The molecule has 0 aromatic heterocycles. The second-order valence-corrected chi connectivity index (χ2v) is 5.40. The first-order chi connectivity index (χ1) is 9.09. The van der Waals surface area contributed by atoms with Crippen LogP contribution in [0.1, 0.15) is 24.2 Å². The molecule has 1 heterocycles. The zero-order chi connectivity index (χ0) is 15.1. The number of rotatable bonds is 2. The molecule has 4 nitrogen and oxygen atoms in total. The van der Waals surface area contributed by atoms with Crippen LogP contribution in [0.4, 0.5) is 13.2 Å². The molecule has 0 radical (unpaired) electrons. The van der Waals surface area contributed by atoms with E-state index in [1.165, 1.54) is 26.0 Å². The summed E-state index contributed by atoms with van der Waals surface area (Å²) >= 11 is 3.18. The van der Waals surface area contributed by atoms with Crippen LogP contribution in [0.15, 0.2) is 16.6 Å². The summed E-state index contributed by atoms with van der Waals surface area (Å²) in [7, 11) is 0. The van der Waals surface area contributed by atoms with Gasteiger partial charge in [-0.2, -0.15) is 13.2 Å². The zero-order valence-electron chi connectivity index (χ0n) is 10.5. The number of carbonyl (C=O) groups excluding carboxylic acids is 1. The van der Waals surface area contributed by atoms with E-state index >= 15 is 0 Å². The number of fused-ring (bicyclic) bond motifs is 1. The first-order valence-electron chi connectivity index (χ1n) is 5.53. The van der Waals surface area contributed by atoms with Crippen LogP contribution >= 0.6 is 15.9 Å². The molecule has 0 atom stereocenters. The van der Waals surface area contributed by atoms with Gasteiger partial charge < -0.3 is 14.2 Å². The van der Waals surface area contributed by atoms with E-state index in [4.69, 9.17) is 9.47 Å². The predicted octanol–water partition coefficient (Wildman–Crippen LogP) is 3.68. The molecular formula is C12H10BrF3O4. The third-order valence-corrected chi connectivity index (χ3v) is 2.98.